The first kappa shape index (κ1) is 20.0. The predicted octanol–water partition coefficient (Wildman–Crippen LogP) is 2.22. The molecule has 150 valence electrons. The maximum Gasteiger partial charge on any atom is 0.293 e. The third kappa shape index (κ3) is 4.25. The van der Waals surface area contributed by atoms with E-state index in [4.69, 9.17) is 0 Å². The van der Waals surface area contributed by atoms with Crippen molar-refractivity contribution in [1.29, 1.82) is 0 Å². The fraction of sp³-hybridized carbons (Fsp3) is 0.667. The summed E-state index contributed by atoms with van der Waals surface area (Å²) in [4.78, 5) is 12.9. The monoisotopic (exact) mass is 397 g/mol. The van der Waals surface area contributed by atoms with Gasteiger partial charge in [-0.15, -0.1) is 0 Å². The average molecular weight is 397 g/mol. The zero-order valence-electron chi connectivity index (χ0n) is 15.7. The summed E-state index contributed by atoms with van der Waals surface area (Å²) in [7, 11) is -3.77. The number of rotatable bonds is 4. The normalized spacial score (nSPS) is 25.5. The van der Waals surface area contributed by atoms with E-state index in [-0.39, 0.29) is 28.5 Å². The number of sulfonamides is 1. The van der Waals surface area contributed by atoms with Gasteiger partial charge in [-0.2, -0.15) is 4.31 Å². The molecule has 27 heavy (non-hydrogen) atoms. The molecule has 1 aromatic rings. The molecule has 1 aromatic carbocycles. The van der Waals surface area contributed by atoms with E-state index in [9.17, 15) is 23.6 Å². The quantitative estimate of drug-likeness (QED) is 0.617. The summed E-state index contributed by atoms with van der Waals surface area (Å²) in [5.74, 6) is 0.523. The summed E-state index contributed by atoms with van der Waals surface area (Å²) in [6.45, 7) is 5.94. The van der Waals surface area contributed by atoms with Crippen molar-refractivity contribution in [3.63, 3.8) is 0 Å². The summed E-state index contributed by atoms with van der Waals surface area (Å²) in [6, 6.07) is 4.17. The highest BCUT2D eigenvalue weighted by atomic mass is 32.2. The molecule has 0 radical (unpaired) electrons. The van der Waals surface area contributed by atoms with Gasteiger partial charge in [0.2, 0.25) is 10.0 Å². The van der Waals surface area contributed by atoms with Gasteiger partial charge >= 0.3 is 0 Å². The molecule has 0 aliphatic carbocycles. The molecule has 0 unspecified atom stereocenters. The Morgan fingerprint density at radius 2 is 1.74 bits per heavy atom. The Hall–Kier alpha value is -1.71. The fourth-order valence-corrected chi connectivity index (χ4v) is 5.84. The molecule has 2 saturated heterocycles. The molecular weight excluding hydrogens is 370 g/mol. The summed E-state index contributed by atoms with van der Waals surface area (Å²) in [6.07, 6.45) is 1.68. The molecule has 1 N–H and O–H groups in total. The van der Waals surface area contributed by atoms with Gasteiger partial charge in [0.1, 0.15) is 5.69 Å². The van der Waals surface area contributed by atoms with Crippen molar-refractivity contribution in [2.75, 3.05) is 31.1 Å². The van der Waals surface area contributed by atoms with Gasteiger partial charge in [0, 0.05) is 32.2 Å². The van der Waals surface area contributed by atoms with E-state index >= 15 is 0 Å². The van der Waals surface area contributed by atoms with Crippen LogP contribution in [0.3, 0.4) is 0 Å². The van der Waals surface area contributed by atoms with E-state index in [2.05, 4.69) is 0 Å². The molecule has 0 bridgehead atoms. The lowest BCUT2D eigenvalue weighted by molar-refractivity contribution is -0.384. The number of benzene rings is 1. The van der Waals surface area contributed by atoms with Gasteiger partial charge in [-0.1, -0.05) is 13.8 Å². The molecule has 0 saturated carbocycles. The van der Waals surface area contributed by atoms with Gasteiger partial charge < -0.3 is 10.0 Å². The lowest BCUT2D eigenvalue weighted by Gasteiger charge is -2.34. The number of nitro groups is 1. The van der Waals surface area contributed by atoms with Crippen LogP contribution >= 0.6 is 0 Å². The molecule has 9 heteroatoms. The van der Waals surface area contributed by atoms with Gasteiger partial charge in [-0.3, -0.25) is 10.1 Å². The second-order valence-electron chi connectivity index (χ2n) is 7.89. The van der Waals surface area contributed by atoms with Gasteiger partial charge in [0.05, 0.1) is 15.9 Å². The zero-order valence-corrected chi connectivity index (χ0v) is 16.6. The highest BCUT2D eigenvalue weighted by Crippen LogP contribution is 2.34. The molecule has 2 fully saturated rings. The van der Waals surface area contributed by atoms with E-state index < -0.39 is 14.9 Å². The SMILES string of the molecule is C[C@H]1C[C@H](C)CN(S(=O)(=O)c2ccc(N3CCC(O)CC3)c([N+](=O)[O-])c2)C1. The summed E-state index contributed by atoms with van der Waals surface area (Å²) < 4.78 is 27.5. The van der Waals surface area contributed by atoms with E-state index in [1.807, 2.05) is 18.7 Å². The van der Waals surface area contributed by atoms with E-state index in [1.54, 1.807) is 0 Å². The number of hydrogen-bond donors (Lipinski definition) is 1. The van der Waals surface area contributed by atoms with Crippen LogP contribution in [-0.4, -0.2) is 55.0 Å². The topological polar surface area (TPSA) is 104 Å². The maximum absolute atomic E-state index is 13.0. The standard InChI is InChI=1S/C18H27N3O5S/c1-13-9-14(2)12-20(11-13)27(25,26)16-3-4-17(18(10-16)21(23)24)19-7-5-15(22)6-8-19/h3-4,10,13-15,22H,5-9,11-12H2,1-2H3/t13-,14-/m0/s1. The fourth-order valence-electron chi connectivity index (χ4n) is 4.14. The highest BCUT2D eigenvalue weighted by Gasteiger charge is 2.33. The van der Waals surface area contributed by atoms with Crippen LogP contribution < -0.4 is 4.90 Å². The van der Waals surface area contributed by atoms with Crippen LogP contribution in [0.25, 0.3) is 0 Å². The van der Waals surface area contributed by atoms with Gasteiger partial charge in [-0.05, 0) is 43.2 Å². The third-order valence-corrected chi connectivity index (χ3v) is 7.25. The lowest BCUT2D eigenvalue weighted by atomic mass is 9.94. The van der Waals surface area contributed by atoms with Crippen molar-refractivity contribution in [2.45, 2.75) is 44.1 Å². The van der Waals surface area contributed by atoms with Crippen molar-refractivity contribution in [2.24, 2.45) is 11.8 Å². The van der Waals surface area contributed by atoms with Crippen LogP contribution in [0, 0.1) is 22.0 Å². The minimum atomic E-state index is -3.77. The molecule has 2 aliphatic heterocycles. The first-order valence-corrected chi connectivity index (χ1v) is 10.8. The van der Waals surface area contributed by atoms with Crippen LogP contribution in [0.2, 0.25) is 0 Å². The van der Waals surface area contributed by atoms with Crippen molar-refractivity contribution in [3.05, 3.63) is 28.3 Å². The maximum atomic E-state index is 13.0. The molecule has 0 aromatic heterocycles. The van der Waals surface area contributed by atoms with Crippen LogP contribution in [0.1, 0.15) is 33.1 Å². The molecule has 0 spiro atoms. The van der Waals surface area contributed by atoms with Gasteiger partial charge in [0.25, 0.3) is 5.69 Å². The van der Waals surface area contributed by atoms with Crippen molar-refractivity contribution in [1.82, 2.24) is 4.31 Å². The third-order valence-electron chi connectivity index (χ3n) is 5.42. The Morgan fingerprint density at radius 3 is 2.30 bits per heavy atom. The van der Waals surface area contributed by atoms with Crippen molar-refractivity contribution < 1.29 is 18.4 Å². The first-order chi connectivity index (χ1) is 12.7. The van der Waals surface area contributed by atoms with Crippen molar-refractivity contribution >= 4 is 21.4 Å². The number of piperidine rings is 2. The number of nitrogens with zero attached hydrogens (tertiary/aromatic N) is 3. The Bertz CT molecular complexity index is 795. The predicted molar refractivity (Wildman–Crippen MR) is 102 cm³/mol. The number of anilines is 1. The van der Waals surface area contributed by atoms with Crippen LogP contribution in [-0.2, 0) is 10.0 Å². The second kappa shape index (κ2) is 7.73. The molecular formula is C18H27N3O5S. The molecule has 2 heterocycles. The zero-order chi connectivity index (χ0) is 19.8. The summed E-state index contributed by atoms with van der Waals surface area (Å²) in [5, 5.41) is 21.3. The van der Waals surface area contributed by atoms with Gasteiger partial charge in [-0.25, -0.2) is 8.42 Å². The number of aliphatic hydroxyl groups is 1. The number of hydrogen-bond acceptors (Lipinski definition) is 6. The Balaban J connectivity index is 1.92. The van der Waals surface area contributed by atoms with Crippen molar-refractivity contribution in [3.8, 4) is 0 Å². The largest absolute Gasteiger partial charge is 0.393 e. The second-order valence-corrected chi connectivity index (χ2v) is 9.83. The van der Waals surface area contributed by atoms with Gasteiger partial charge in [0.15, 0.2) is 0 Å². The summed E-state index contributed by atoms with van der Waals surface area (Å²) >= 11 is 0. The minimum Gasteiger partial charge on any atom is -0.393 e. The minimum absolute atomic E-state index is 0.0312. The van der Waals surface area contributed by atoms with E-state index in [0.29, 0.717) is 44.7 Å². The Kier molecular flexibility index (Phi) is 5.73. The molecule has 8 nitrogen and oxygen atoms in total. The lowest BCUT2D eigenvalue weighted by Crippen LogP contribution is -2.42. The van der Waals surface area contributed by atoms with Crippen LogP contribution in [0.15, 0.2) is 23.1 Å². The first-order valence-electron chi connectivity index (χ1n) is 9.40. The molecule has 3 rings (SSSR count). The number of aliphatic hydroxyl groups excluding tert-OH is 1. The van der Waals surface area contributed by atoms with E-state index in [1.165, 1.54) is 22.5 Å². The summed E-state index contributed by atoms with van der Waals surface area (Å²) in [5.41, 5.74) is 0.205. The highest BCUT2D eigenvalue weighted by molar-refractivity contribution is 7.89. The number of nitro benzene ring substituents is 1. The Morgan fingerprint density at radius 1 is 1.15 bits per heavy atom. The molecule has 0 amide bonds. The molecule has 2 aliphatic rings. The smallest absolute Gasteiger partial charge is 0.293 e. The average Bonchev–Trinajstić information content (AvgIpc) is 2.61. The molecule has 2 atom stereocenters. The van der Waals surface area contributed by atoms with E-state index in [0.717, 1.165) is 6.42 Å². The van der Waals surface area contributed by atoms with Crippen LogP contribution in [0.4, 0.5) is 11.4 Å². The van der Waals surface area contributed by atoms with Crippen LogP contribution in [0.5, 0.6) is 0 Å². The Labute approximate surface area is 160 Å².